The van der Waals surface area contributed by atoms with Crippen LogP contribution >= 0.6 is 0 Å². The number of aliphatic hydroxyl groups excluding tert-OH is 1. The standard InChI is InChI=1S/C11H19N3O2/c1-2-3-7-14(8-4-9-15)11(16)10-5-6-12-13-10/h5-6,15H,2-4,7-9H2,1H3,(H,12,13). The summed E-state index contributed by atoms with van der Waals surface area (Å²) in [4.78, 5) is 13.7. The maximum absolute atomic E-state index is 12.0. The minimum atomic E-state index is -0.0422. The van der Waals surface area contributed by atoms with E-state index in [4.69, 9.17) is 5.11 Å². The van der Waals surface area contributed by atoms with E-state index in [-0.39, 0.29) is 12.5 Å². The van der Waals surface area contributed by atoms with Crippen LogP contribution in [0.5, 0.6) is 0 Å². The minimum Gasteiger partial charge on any atom is -0.396 e. The van der Waals surface area contributed by atoms with Crippen LogP contribution < -0.4 is 0 Å². The van der Waals surface area contributed by atoms with E-state index >= 15 is 0 Å². The summed E-state index contributed by atoms with van der Waals surface area (Å²) >= 11 is 0. The smallest absolute Gasteiger partial charge is 0.271 e. The number of unbranched alkanes of at least 4 members (excludes halogenated alkanes) is 1. The molecule has 0 aromatic carbocycles. The van der Waals surface area contributed by atoms with Gasteiger partial charge in [-0.25, -0.2) is 0 Å². The van der Waals surface area contributed by atoms with Crippen LogP contribution in [0.4, 0.5) is 0 Å². The van der Waals surface area contributed by atoms with Gasteiger partial charge in [0, 0.05) is 25.9 Å². The van der Waals surface area contributed by atoms with Gasteiger partial charge in [-0.2, -0.15) is 5.10 Å². The number of carbonyl (C=O) groups excluding carboxylic acids is 1. The lowest BCUT2D eigenvalue weighted by atomic mass is 10.2. The average molecular weight is 225 g/mol. The van der Waals surface area contributed by atoms with Gasteiger partial charge in [-0.15, -0.1) is 0 Å². The third-order valence-electron chi connectivity index (χ3n) is 2.39. The van der Waals surface area contributed by atoms with Crippen molar-refractivity contribution in [2.75, 3.05) is 19.7 Å². The largest absolute Gasteiger partial charge is 0.396 e. The zero-order valence-electron chi connectivity index (χ0n) is 9.65. The summed E-state index contributed by atoms with van der Waals surface area (Å²) in [6.45, 7) is 3.52. The Kier molecular flexibility index (Phi) is 5.56. The van der Waals surface area contributed by atoms with Crippen molar-refractivity contribution in [3.8, 4) is 0 Å². The molecular weight excluding hydrogens is 206 g/mol. The average Bonchev–Trinajstić information content (AvgIpc) is 2.82. The fourth-order valence-electron chi connectivity index (χ4n) is 1.47. The molecule has 1 aromatic rings. The maximum atomic E-state index is 12.0. The summed E-state index contributed by atoms with van der Waals surface area (Å²) in [7, 11) is 0. The van der Waals surface area contributed by atoms with Crippen LogP contribution in [0.3, 0.4) is 0 Å². The molecule has 0 unspecified atom stereocenters. The second-order valence-electron chi connectivity index (χ2n) is 3.69. The minimum absolute atomic E-state index is 0.0422. The number of aromatic nitrogens is 2. The molecule has 5 heteroatoms. The second kappa shape index (κ2) is 7.00. The van der Waals surface area contributed by atoms with Crippen molar-refractivity contribution in [2.24, 2.45) is 0 Å². The van der Waals surface area contributed by atoms with Crippen molar-refractivity contribution in [3.63, 3.8) is 0 Å². The highest BCUT2D eigenvalue weighted by molar-refractivity contribution is 5.92. The van der Waals surface area contributed by atoms with E-state index in [2.05, 4.69) is 17.1 Å². The van der Waals surface area contributed by atoms with Crippen LogP contribution in [-0.4, -0.2) is 45.8 Å². The van der Waals surface area contributed by atoms with Gasteiger partial charge in [0.25, 0.3) is 5.91 Å². The predicted molar refractivity (Wildman–Crippen MR) is 61.1 cm³/mol. The lowest BCUT2D eigenvalue weighted by Gasteiger charge is -2.21. The van der Waals surface area contributed by atoms with Crippen LogP contribution in [-0.2, 0) is 0 Å². The van der Waals surface area contributed by atoms with Crippen LogP contribution in [0.2, 0.25) is 0 Å². The van der Waals surface area contributed by atoms with Crippen molar-refractivity contribution in [1.29, 1.82) is 0 Å². The highest BCUT2D eigenvalue weighted by atomic mass is 16.3. The van der Waals surface area contributed by atoms with Crippen LogP contribution in [0, 0.1) is 0 Å². The zero-order chi connectivity index (χ0) is 11.8. The first-order valence-electron chi connectivity index (χ1n) is 5.69. The molecule has 0 aliphatic rings. The molecule has 0 saturated heterocycles. The first-order chi connectivity index (χ1) is 7.79. The van der Waals surface area contributed by atoms with Crippen LogP contribution in [0.15, 0.2) is 12.3 Å². The van der Waals surface area contributed by atoms with Gasteiger partial charge in [-0.3, -0.25) is 9.89 Å². The number of aromatic amines is 1. The SMILES string of the molecule is CCCCN(CCCO)C(=O)c1ccn[nH]1. The summed E-state index contributed by atoms with van der Waals surface area (Å²) in [5.41, 5.74) is 0.508. The molecular formula is C11H19N3O2. The molecule has 1 aromatic heterocycles. The van der Waals surface area contributed by atoms with E-state index < -0.39 is 0 Å². The number of nitrogens with zero attached hydrogens (tertiary/aromatic N) is 2. The van der Waals surface area contributed by atoms with Gasteiger partial charge < -0.3 is 10.0 Å². The molecule has 0 aliphatic heterocycles. The topological polar surface area (TPSA) is 69.2 Å². The number of amides is 1. The molecule has 0 bridgehead atoms. The van der Waals surface area contributed by atoms with Gasteiger partial charge in [0.15, 0.2) is 0 Å². The molecule has 0 aliphatic carbocycles. The zero-order valence-corrected chi connectivity index (χ0v) is 9.65. The number of aliphatic hydroxyl groups is 1. The molecule has 90 valence electrons. The second-order valence-corrected chi connectivity index (χ2v) is 3.69. The van der Waals surface area contributed by atoms with Gasteiger partial charge in [-0.05, 0) is 18.9 Å². The van der Waals surface area contributed by atoms with Gasteiger partial charge in [0.2, 0.25) is 0 Å². The third kappa shape index (κ3) is 3.66. The van der Waals surface area contributed by atoms with E-state index in [1.807, 2.05) is 0 Å². The van der Waals surface area contributed by atoms with E-state index in [0.717, 1.165) is 19.4 Å². The molecule has 1 heterocycles. The number of H-pyrrole nitrogens is 1. The van der Waals surface area contributed by atoms with Crippen molar-refractivity contribution >= 4 is 5.91 Å². The molecule has 0 radical (unpaired) electrons. The first-order valence-corrected chi connectivity index (χ1v) is 5.69. The Morgan fingerprint density at radius 1 is 1.50 bits per heavy atom. The number of hydrogen-bond donors (Lipinski definition) is 2. The monoisotopic (exact) mass is 225 g/mol. The first kappa shape index (κ1) is 12.7. The lowest BCUT2D eigenvalue weighted by Crippen LogP contribution is -2.33. The van der Waals surface area contributed by atoms with E-state index in [1.165, 1.54) is 0 Å². The lowest BCUT2D eigenvalue weighted by molar-refractivity contribution is 0.0736. The molecule has 0 fully saturated rings. The molecule has 0 atom stereocenters. The summed E-state index contributed by atoms with van der Waals surface area (Å²) in [6.07, 6.45) is 4.21. The summed E-state index contributed by atoms with van der Waals surface area (Å²) in [6, 6.07) is 1.67. The Morgan fingerprint density at radius 2 is 2.25 bits per heavy atom. The Hall–Kier alpha value is -1.36. The van der Waals surface area contributed by atoms with Crippen molar-refractivity contribution < 1.29 is 9.90 Å². The fraction of sp³-hybridized carbons (Fsp3) is 0.636. The number of rotatable bonds is 7. The number of hydrogen-bond acceptors (Lipinski definition) is 3. The molecule has 0 spiro atoms. The van der Waals surface area contributed by atoms with Crippen molar-refractivity contribution in [3.05, 3.63) is 18.0 Å². The normalized spacial score (nSPS) is 10.4. The Morgan fingerprint density at radius 3 is 2.81 bits per heavy atom. The quantitative estimate of drug-likeness (QED) is 0.728. The van der Waals surface area contributed by atoms with E-state index in [0.29, 0.717) is 18.7 Å². The molecule has 2 N–H and O–H groups in total. The van der Waals surface area contributed by atoms with Gasteiger partial charge in [0.05, 0.1) is 0 Å². The number of carbonyl (C=O) groups is 1. The highest BCUT2D eigenvalue weighted by Crippen LogP contribution is 2.04. The van der Waals surface area contributed by atoms with E-state index in [9.17, 15) is 4.79 Å². The molecule has 0 saturated carbocycles. The van der Waals surface area contributed by atoms with Crippen molar-refractivity contribution in [2.45, 2.75) is 26.2 Å². The number of nitrogens with one attached hydrogen (secondary N) is 1. The van der Waals surface area contributed by atoms with Gasteiger partial charge in [0.1, 0.15) is 5.69 Å². The Balaban J connectivity index is 2.56. The predicted octanol–water partition coefficient (Wildman–Crippen LogP) is 1.03. The molecule has 5 nitrogen and oxygen atoms in total. The third-order valence-corrected chi connectivity index (χ3v) is 2.39. The van der Waals surface area contributed by atoms with Crippen LogP contribution in [0.1, 0.15) is 36.7 Å². The molecule has 1 rings (SSSR count). The van der Waals surface area contributed by atoms with E-state index in [1.54, 1.807) is 17.2 Å². The van der Waals surface area contributed by atoms with Gasteiger partial charge >= 0.3 is 0 Å². The molecule has 16 heavy (non-hydrogen) atoms. The fourth-order valence-corrected chi connectivity index (χ4v) is 1.47. The Bertz CT molecular complexity index is 290. The Labute approximate surface area is 95.5 Å². The molecule has 1 amide bonds. The van der Waals surface area contributed by atoms with Crippen LogP contribution in [0.25, 0.3) is 0 Å². The summed E-state index contributed by atoms with van der Waals surface area (Å²) < 4.78 is 0. The van der Waals surface area contributed by atoms with Gasteiger partial charge in [-0.1, -0.05) is 13.3 Å². The maximum Gasteiger partial charge on any atom is 0.271 e. The van der Waals surface area contributed by atoms with Crippen molar-refractivity contribution in [1.82, 2.24) is 15.1 Å². The summed E-state index contributed by atoms with van der Waals surface area (Å²) in [5.74, 6) is -0.0422. The summed E-state index contributed by atoms with van der Waals surface area (Å²) in [5, 5.41) is 15.2. The highest BCUT2D eigenvalue weighted by Gasteiger charge is 2.15.